The molecule has 7 nitrogen and oxygen atoms in total. The predicted octanol–water partition coefficient (Wildman–Crippen LogP) is 1.05. The van der Waals surface area contributed by atoms with Crippen molar-refractivity contribution in [2.45, 2.75) is 19.8 Å². The molecule has 0 aliphatic carbocycles. The number of rotatable bonds is 6. The van der Waals surface area contributed by atoms with Crippen LogP contribution in [0.4, 0.5) is 7.77 Å². The van der Waals surface area contributed by atoms with Gasteiger partial charge in [0.25, 0.3) is 0 Å². The summed E-state index contributed by atoms with van der Waals surface area (Å²) in [6.45, 7) is 7.77. The molecule has 0 radical (unpaired) electrons. The van der Waals surface area contributed by atoms with E-state index in [2.05, 4.69) is 14.0 Å². The summed E-state index contributed by atoms with van der Waals surface area (Å²) >= 11 is 0. The largest absolute Gasteiger partial charge is 0.379 e. The molecule has 0 aromatic rings. The van der Waals surface area contributed by atoms with Crippen LogP contribution in [0.2, 0.25) is 0 Å². The summed E-state index contributed by atoms with van der Waals surface area (Å²) in [4.78, 5) is 0. The molecule has 20 heavy (non-hydrogen) atoms. The van der Waals surface area contributed by atoms with Gasteiger partial charge in [0.1, 0.15) is 6.54 Å². The zero-order valence-electron chi connectivity index (χ0n) is 11.5. The van der Waals surface area contributed by atoms with Gasteiger partial charge < -0.3 is 13.3 Å². The van der Waals surface area contributed by atoms with E-state index >= 15 is 0 Å². The van der Waals surface area contributed by atoms with Crippen molar-refractivity contribution < 1.29 is 33.8 Å². The number of likely N-dealkylation sites (tertiary alicyclic amines) is 1. The summed E-state index contributed by atoms with van der Waals surface area (Å²) in [6, 6.07) is 0. The quantitative estimate of drug-likeness (QED) is 0.410. The summed E-state index contributed by atoms with van der Waals surface area (Å²) in [7, 11) is -8.90. The van der Waals surface area contributed by atoms with Crippen LogP contribution in [0, 0.1) is 0 Å². The van der Waals surface area contributed by atoms with E-state index in [1.54, 1.807) is 0 Å². The van der Waals surface area contributed by atoms with Gasteiger partial charge in [-0.3, -0.25) is 0 Å². The van der Waals surface area contributed by atoms with Crippen molar-refractivity contribution in [3.8, 4) is 0 Å². The van der Waals surface area contributed by atoms with Crippen molar-refractivity contribution in [2.75, 3.05) is 39.9 Å². The Hall–Kier alpha value is -0.360. The second-order valence-electron chi connectivity index (χ2n) is 4.59. The van der Waals surface area contributed by atoms with E-state index in [1.165, 1.54) is 37.0 Å². The molecule has 0 amide bonds. The maximum absolute atomic E-state index is 11.1. The summed E-state index contributed by atoms with van der Waals surface area (Å²) in [5.41, 5.74) is 0. The number of likely N-dealkylation sites (N-methyl/N-ethyl adjacent to an activating group) is 1. The zero-order chi connectivity index (χ0) is 15.9. The van der Waals surface area contributed by atoms with Crippen LogP contribution in [0.5, 0.6) is 0 Å². The Morgan fingerprint density at radius 2 is 1.55 bits per heavy atom. The molecule has 11 heteroatoms. The lowest BCUT2D eigenvalue weighted by atomic mass is 10.4. The minimum absolute atomic E-state index is 0.861. The number of quaternary nitrogens is 1. The molecule has 1 fully saturated rings. The van der Waals surface area contributed by atoms with Crippen LogP contribution in [0.25, 0.3) is 4.13 Å². The molecule has 0 N–H and O–H groups in total. The van der Waals surface area contributed by atoms with Gasteiger partial charge in [0, 0.05) is 19.4 Å². The molecule has 1 heterocycles. The van der Waals surface area contributed by atoms with Crippen LogP contribution in [0.15, 0.2) is 0 Å². The number of nitrogens with zero attached hydrogens (tertiary/aromatic N) is 2. The second-order valence-corrected chi connectivity index (χ2v) is 6.84. The molecule has 0 atom stereocenters. The third-order valence-corrected chi connectivity index (χ3v) is 4.23. The monoisotopic (exact) mass is 338 g/mol. The number of halogens is 2. The van der Waals surface area contributed by atoms with Gasteiger partial charge in [-0.25, -0.2) is 16.8 Å². The van der Waals surface area contributed by atoms with E-state index in [1.807, 2.05) is 0 Å². The van der Waals surface area contributed by atoms with E-state index in [-0.39, 0.29) is 0 Å². The van der Waals surface area contributed by atoms with Crippen molar-refractivity contribution >= 4 is 20.8 Å². The minimum Gasteiger partial charge on any atom is -0.379 e. The first-order valence-corrected chi connectivity index (χ1v) is 8.70. The molecule has 0 saturated carbocycles. The highest BCUT2D eigenvalue weighted by atomic mass is 32.3. The fourth-order valence-electron chi connectivity index (χ4n) is 1.86. The van der Waals surface area contributed by atoms with Crippen molar-refractivity contribution in [1.29, 1.82) is 0 Å². The van der Waals surface area contributed by atoms with Gasteiger partial charge in [-0.15, -0.1) is 7.77 Å². The zero-order valence-corrected chi connectivity index (χ0v) is 13.1. The molecule has 122 valence electrons. The lowest BCUT2D eigenvalue weighted by Crippen LogP contribution is -2.43. The van der Waals surface area contributed by atoms with Crippen LogP contribution in [-0.2, 0) is 25.6 Å². The van der Waals surface area contributed by atoms with E-state index in [0.29, 0.717) is 0 Å². The lowest BCUT2D eigenvalue weighted by molar-refractivity contribution is -0.898. The Balaban J connectivity index is 0.000000370. The van der Waals surface area contributed by atoms with Gasteiger partial charge in [-0.2, -0.15) is 0 Å². The van der Waals surface area contributed by atoms with Gasteiger partial charge in [-0.1, -0.05) is 0 Å². The molecule has 1 saturated heterocycles. The molecule has 1 aliphatic rings. The van der Waals surface area contributed by atoms with Gasteiger partial charge in [0.15, 0.2) is 0 Å². The van der Waals surface area contributed by atoms with Crippen LogP contribution in [0.1, 0.15) is 19.8 Å². The van der Waals surface area contributed by atoms with Crippen molar-refractivity contribution in [2.24, 2.45) is 0 Å². The molecular weight excluding hydrogens is 318 g/mol. The standard InChI is InChI=1S/C9H20NO.F2NO4S2/c1-3-11-9-8-10(2)6-4-5-7-10;1-8(4,5)3-9(2,6)7/h3-9H2,1-2H3;/q+1;-1. The molecule has 0 aromatic carbocycles. The van der Waals surface area contributed by atoms with Crippen molar-refractivity contribution in [3.63, 3.8) is 0 Å². The number of hydrogen-bond acceptors (Lipinski definition) is 5. The summed E-state index contributed by atoms with van der Waals surface area (Å²) in [5, 5.41) is 0. The van der Waals surface area contributed by atoms with Crippen LogP contribution < -0.4 is 0 Å². The van der Waals surface area contributed by atoms with Gasteiger partial charge in [0.05, 0.1) is 26.7 Å². The highest BCUT2D eigenvalue weighted by Crippen LogP contribution is 2.15. The first-order valence-electron chi connectivity index (χ1n) is 6.02. The summed E-state index contributed by atoms with van der Waals surface area (Å²) in [6.07, 6.45) is 2.81. The predicted molar refractivity (Wildman–Crippen MR) is 69.9 cm³/mol. The maximum Gasteiger partial charge on any atom is 0.241 e. The molecule has 0 unspecified atom stereocenters. The van der Waals surface area contributed by atoms with Gasteiger partial charge in [-0.05, 0) is 6.92 Å². The molecular formula is C9H20F2N2O5S2. The molecule has 0 aromatic heterocycles. The fourth-order valence-corrected chi connectivity index (χ4v) is 2.71. The van der Waals surface area contributed by atoms with Gasteiger partial charge in [0.2, 0.25) is 20.8 Å². The SMILES string of the molecule is CCOCC[N+]1(C)CCCC1.O=S(=O)(F)[N-]S(=O)(=O)F. The average molecular weight is 338 g/mol. The number of ether oxygens (including phenoxy) is 1. The van der Waals surface area contributed by atoms with Crippen LogP contribution in [0.3, 0.4) is 0 Å². The highest BCUT2D eigenvalue weighted by molar-refractivity contribution is 8.07. The summed E-state index contributed by atoms with van der Waals surface area (Å²) in [5.74, 6) is 0. The Bertz CT molecular complexity index is 445. The van der Waals surface area contributed by atoms with Crippen molar-refractivity contribution in [3.05, 3.63) is 4.13 Å². The van der Waals surface area contributed by atoms with Crippen LogP contribution in [-0.4, -0.2) is 61.2 Å². The highest BCUT2D eigenvalue weighted by Gasteiger charge is 2.25. The average Bonchev–Trinajstić information content (AvgIpc) is 2.61. The maximum atomic E-state index is 11.1. The fraction of sp³-hybridized carbons (Fsp3) is 1.00. The Labute approximate surface area is 119 Å². The topological polar surface area (TPSA) is 91.6 Å². The normalized spacial score (nSPS) is 18.4. The third-order valence-electron chi connectivity index (χ3n) is 2.80. The van der Waals surface area contributed by atoms with E-state index in [9.17, 15) is 24.6 Å². The van der Waals surface area contributed by atoms with Gasteiger partial charge >= 0.3 is 0 Å². The third kappa shape index (κ3) is 11.5. The van der Waals surface area contributed by atoms with E-state index in [0.717, 1.165) is 17.3 Å². The minimum atomic E-state index is -5.62. The van der Waals surface area contributed by atoms with Crippen molar-refractivity contribution in [1.82, 2.24) is 0 Å². The molecule has 1 aliphatic heterocycles. The Morgan fingerprint density at radius 1 is 1.10 bits per heavy atom. The first-order chi connectivity index (χ1) is 8.97. The second kappa shape index (κ2) is 8.17. The lowest BCUT2D eigenvalue weighted by Gasteiger charge is -2.28. The van der Waals surface area contributed by atoms with E-state index < -0.39 is 20.8 Å². The first kappa shape index (κ1) is 19.6. The Morgan fingerprint density at radius 3 is 1.85 bits per heavy atom. The molecule has 1 rings (SSSR count). The molecule has 0 bridgehead atoms. The van der Waals surface area contributed by atoms with Crippen LogP contribution >= 0.6 is 0 Å². The number of hydrogen-bond donors (Lipinski definition) is 0. The Kier molecular flexibility index (Phi) is 8.03. The summed E-state index contributed by atoms with van der Waals surface area (Å²) < 4.78 is 66.7. The molecule has 0 spiro atoms. The smallest absolute Gasteiger partial charge is 0.241 e. The van der Waals surface area contributed by atoms with E-state index in [4.69, 9.17) is 4.74 Å².